The Morgan fingerprint density at radius 1 is 1.44 bits per heavy atom. The number of nitrogens with two attached hydrogens (primary N) is 1. The van der Waals surface area contributed by atoms with Crippen LogP contribution < -0.4 is 5.73 Å². The summed E-state index contributed by atoms with van der Waals surface area (Å²) >= 11 is 1.20. The van der Waals surface area contributed by atoms with E-state index in [1.165, 1.54) is 31.0 Å². The quantitative estimate of drug-likeness (QED) is 0.804. The Balaban J connectivity index is 1.87. The Labute approximate surface area is 110 Å². The molecule has 2 rings (SSSR count). The number of piperidine rings is 1. The maximum atomic E-state index is 10.9. The number of thioether (sulfide) groups is 1. The van der Waals surface area contributed by atoms with E-state index in [2.05, 4.69) is 15.1 Å². The minimum Gasteiger partial charge on any atom is -0.415 e. The van der Waals surface area contributed by atoms with Crippen LogP contribution in [0.2, 0.25) is 0 Å². The first-order chi connectivity index (χ1) is 8.65. The zero-order chi connectivity index (χ0) is 13.0. The highest BCUT2D eigenvalue weighted by Gasteiger charge is 2.17. The van der Waals surface area contributed by atoms with E-state index < -0.39 is 0 Å². The van der Waals surface area contributed by atoms with Crippen molar-refractivity contribution in [2.45, 2.75) is 43.2 Å². The Bertz CT molecular complexity index is 404. The minimum absolute atomic E-state index is 0.353. The molecule has 1 aromatic heterocycles. The average Bonchev–Trinajstić information content (AvgIpc) is 2.77. The normalized spacial score (nSPS) is 18.7. The number of carbonyl (C=O) groups excluding carboxylic acids is 1. The molecule has 0 bridgehead atoms. The lowest BCUT2D eigenvalue weighted by molar-refractivity contribution is -0.117. The SMILES string of the molecule is C[C@H](Sc1nnc(CN2CCCCC2)o1)C(N)=O. The van der Waals surface area contributed by atoms with Gasteiger partial charge in [0.05, 0.1) is 11.8 Å². The molecular formula is C11H18N4O2S. The second kappa shape index (κ2) is 6.19. The Morgan fingerprint density at radius 2 is 2.17 bits per heavy atom. The molecule has 100 valence electrons. The van der Waals surface area contributed by atoms with Crippen molar-refractivity contribution in [1.82, 2.24) is 15.1 Å². The third kappa shape index (κ3) is 3.71. The van der Waals surface area contributed by atoms with E-state index in [4.69, 9.17) is 10.2 Å². The number of hydrogen-bond donors (Lipinski definition) is 1. The predicted octanol–water partition coefficient (Wildman–Crippen LogP) is 1.02. The number of rotatable bonds is 5. The van der Waals surface area contributed by atoms with Crippen molar-refractivity contribution in [1.29, 1.82) is 0 Å². The van der Waals surface area contributed by atoms with Crippen molar-refractivity contribution < 1.29 is 9.21 Å². The van der Waals surface area contributed by atoms with Gasteiger partial charge in [0.1, 0.15) is 0 Å². The van der Waals surface area contributed by atoms with Gasteiger partial charge < -0.3 is 10.2 Å². The zero-order valence-electron chi connectivity index (χ0n) is 10.5. The summed E-state index contributed by atoms with van der Waals surface area (Å²) in [7, 11) is 0. The Morgan fingerprint density at radius 3 is 2.83 bits per heavy atom. The van der Waals surface area contributed by atoms with Crippen LogP contribution in [0.1, 0.15) is 32.1 Å². The smallest absolute Gasteiger partial charge is 0.277 e. The summed E-state index contributed by atoms with van der Waals surface area (Å²) in [5.41, 5.74) is 5.18. The molecule has 1 atom stereocenters. The van der Waals surface area contributed by atoms with Gasteiger partial charge in [0.15, 0.2) is 0 Å². The van der Waals surface area contributed by atoms with Gasteiger partial charge in [0.2, 0.25) is 11.8 Å². The van der Waals surface area contributed by atoms with Crippen LogP contribution in [-0.2, 0) is 11.3 Å². The van der Waals surface area contributed by atoms with Crippen LogP contribution in [0.3, 0.4) is 0 Å². The van der Waals surface area contributed by atoms with E-state index in [-0.39, 0.29) is 11.2 Å². The lowest BCUT2D eigenvalue weighted by Gasteiger charge is -2.24. The number of amides is 1. The zero-order valence-corrected chi connectivity index (χ0v) is 11.3. The molecule has 0 aliphatic carbocycles. The topological polar surface area (TPSA) is 85.2 Å². The monoisotopic (exact) mass is 270 g/mol. The highest BCUT2D eigenvalue weighted by molar-refractivity contribution is 8.00. The molecule has 1 aliphatic rings. The van der Waals surface area contributed by atoms with E-state index in [9.17, 15) is 4.79 Å². The van der Waals surface area contributed by atoms with Gasteiger partial charge in [-0.15, -0.1) is 10.2 Å². The first kappa shape index (κ1) is 13.4. The highest BCUT2D eigenvalue weighted by Crippen LogP contribution is 2.22. The Hall–Kier alpha value is -1.08. The number of hydrogen-bond acceptors (Lipinski definition) is 6. The van der Waals surface area contributed by atoms with Crippen molar-refractivity contribution in [2.24, 2.45) is 5.73 Å². The maximum absolute atomic E-state index is 10.9. The van der Waals surface area contributed by atoms with Gasteiger partial charge in [-0.1, -0.05) is 18.2 Å². The number of nitrogens with zero attached hydrogens (tertiary/aromatic N) is 3. The average molecular weight is 270 g/mol. The maximum Gasteiger partial charge on any atom is 0.277 e. The molecule has 0 spiro atoms. The second-order valence-corrected chi connectivity index (χ2v) is 5.75. The molecular weight excluding hydrogens is 252 g/mol. The van der Waals surface area contributed by atoms with Gasteiger partial charge in [-0.3, -0.25) is 9.69 Å². The van der Waals surface area contributed by atoms with Crippen LogP contribution in [-0.4, -0.2) is 39.3 Å². The molecule has 2 N–H and O–H groups in total. The molecule has 2 heterocycles. The van der Waals surface area contributed by atoms with Crippen LogP contribution in [0, 0.1) is 0 Å². The Kier molecular flexibility index (Phi) is 4.60. The van der Waals surface area contributed by atoms with Crippen molar-refractivity contribution >= 4 is 17.7 Å². The summed E-state index contributed by atoms with van der Waals surface area (Å²) in [6.07, 6.45) is 3.76. The van der Waals surface area contributed by atoms with E-state index in [1.807, 2.05) is 0 Å². The number of aromatic nitrogens is 2. The van der Waals surface area contributed by atoms with Crippen LogP contribution in [0.15, 0.2) is 9.64 Å². The van der Waals surface area contributed by atoms with E-state index in [1.54, 1.807) is 6.92 Å². The third-order valence-corrected chi connectivity index (χ3v) is 3.89. The molecule has 7 heteroatoms. The summed E-state index contributed by atoms with van der Waals surface area (Å²) in [6.45, 7) is 4.59. The molecule has 1 aromatic rings. The van der Waals surface area contributed by atoms with Crippen LogP contribution in [0.4, 0.5) is 0 Å². The van der Waals surface area contributed by atoms with Crippen LogP contribution >= 0.6 is 11.8 Å². The second-order valence-electron chi connectivity index (χ2n) is 4.46. The van der Waals surface area contributed by atoms with Gasteiger partial charge in [0.25, 0.3) is 5.22 Å². The van der Waals surface area contributed by atoms with E-state index in [0.717, 1.165) is 13.1 Å². The van der Waals surface area contributed by atoms with Crippen molar-refractivity contribution in [2.75, 3.05) is 13.1 Å². The number of likely N-dealkylation sites (tertiary alicyclic amines) is 1. The highest BCUT2D eigenvalue weighted by atomic mass is 32.2. The molecule has 0 radical (unpaired) electrons. The summed E-state index contributed by atoms with van der Waals surface area (Å²) in [4.78, 5) is 13.2. The van der Waals surface area contributed by atoms with E-state index >= 15 is 0 Å². The minimum atomic E-state index is -0.379. The van der Waals surface area contributed by atoms with Gasteiger partial charge >= 0.3 is 0 Å². The molecule has 1 fully saturated rings. The molecule has 0 unspecified atom stereocenters. The van der Waals surface area contributed by atoms with Crippen LogP contribution in [0.5, 0.6) is 0 Å². The lowest BCUT2D eigenvalue weighted by Crippen LogP contribution is -2.29. The van der Waals surface area contributed by atoms with Gasteiger partial charge in [-0.25, -0.2) is 0 Å². The molecule has 6 nitrogen and oxygen atoms in total. The standard InChI is InChI=1S/C11H18N4O2S/c1-8(10(12)16)18-11-14-13-9(17-11)7-15-5-3-2-4-6-15/h8H,2-7H2,1H3,(H2,12,16)/t8-/m0/s1. The lowest BCUT2D eigenvalue weighted by atomic mass is 10.1. The number of carbonyl (C=O) groups is 1. The largest absolute Gasteiger partial charge is 0.415 e. The summed E-state index contributed by atoms with van der Waals surface area (Å²) in [5, 5.41) is 7.96. The fourth-order valence-electron chi connectivity index (χ4n) is 1.87. The molecule has 1 amide bonds. The fourth-order valence-corrected chi connectivity index (χ4v) is 2.52. The molecule has 1 saturated heterocycles. The number of primary amides is 1. The third-order valence-electron chi connectivity index (χ3n) is 2.93. The predicted molar refractivity (Wildman–Crippen MR) is 67.9 cm³/mol. The summed E-state index contributed by atoms with van der Waals surface area (Å²) in [6, 6.07) is 0. The first-order valence-electron chi connectivity index (χ1n) is 6.16. The summed E-state index contributed by atoms with van der Waals surface area (Å²) in [5.74, 6) is 0.229. The van der Waals surface area contributed by atoms with Crippen molar-refractivity contribution in [3.63, 3.8) is 0 Å². The molecule has 18 heavy (non-hydrogen) atoms. The van der Waals surface area contributed by atoms with Gasteiger partial charge in [-0.05, 0) is 32.9 Å². The van der Waals surface area contributed by atoms with Crippen molar-refractivity contribution in [3.05, 3.63) is 5.89 Å². The molecule has 0 aromatic carbocycles. The van der Waals surface area contributed by atoms with Crippen molar-refractivity contribution in [3.8, 4) is 0 Å². The van der Waals surface area contributed by atoms with Crippen LogP contribution in [0.25, 0.3) is 0 Å². The first-order valence-corrected chi connectivity index (χ1v) is 7.04. The molecule has 0 saturated carbocycles. The summed E-state index contributed by atoms with van der Waals surface area (Å²) < 4.78 is 5.50. The van der Waals surface area contributed by atoms with Gasteiger partial charge in [0, 0.05) is 0 Å². The van der Waals surface area contributed by atoms with Gasteiger partial charge in [-0.2, -0.15) is 0 Å². The fraction of sp³-hybridized carbons (Fsp3) is 0.727. The van der Waals surface area contributed by atoms with E-state index in [0.29, 0.717) is 17.7 Å². The molecule has 1 aliphatic heterocycles.